The summed E-state index contributed by atoms with van der Waals surface area (Å²) in [5.41, 5.74) is 2.30. The maximum atomic E-state index is 14.6. The van der Waals surface area contributed by atoms with Crippen LogP contribution in [0.15, 0.2) is 102 Å². The van der Waals surface area contributed by atoms with Gasteiger partial charge in [0.05, 0.1) is 17.7 Å². The summed E-state index contributed by atoms with van der Waals surface area (Å²) in [7, 11) is -2.86. The molecule has 0 aromatic heterocycles. The lowest BCUT2D eigenvalue weighted by Crippen LogP contribution is -2.53. The summed E-state index contributed by atoms with van der Waals surface area (Å²) in [6, 6.07) is 26.2. The third-order valence-corrected chi connectivity index (χ3v) is 9.93. The highest BCUT2D eigenvalue weighted by atomic mass is 35.5. The third kappa shape index (κ3) is 8.40. The van der Waals surface area contributed by atoms with Gasteiger partial charge >= 0.3 is 0 Å². The first kappa shape index (κ1) is 34.8. The summed E-state index contributed by atoms with van der Waals surface area (Å²) in [6.07, 6.45) is 0.855. The van der Waals surface area contributed by atoms with Gasteiger partial charge < -0.3 is 15.0 Å². The molecule has 0 saturated heterocycles. The van der Waals surface area contributed by atoms with Crippen LogP contribution in [0.3, 0.4) is 0 Å². The van der Waals surface area contributed by atoms with E-state index >= 15 is 0 Å². The van der Waals surface area contributed by atoms with E-state index < -0.39 is 28.5 Å². The van der Waals surface area contributed by atoms with Crippen LogP contribution in [0.5, 0.6) is 5.75 Å². The molecule has 8 nitrogen and oxygen atoms in total. The van der Waals surface area contributed by atoms with Gasteiger partial charge in [0.2, 0.25) is 11.8 Å². The van der Waals surface area contributed by atoms with E-state index in [4.69, 9.17) is 27.9 Å². The van der Waals surface area contributed by atoms with Crippen LogP contribution in [0.25, 0.3) is 0 Å². The normalized spacial score (nSPS) is 11.8. The Hall–Kier alpha value is -4.05. The van der Waals surface area contributed by atoms with Gasteiger partial charge in [-0.1, -0.05) is 96.4 Å². The zero-order valence-corrected chi connectivity index (χ0v) is 28.3. The van der Waals surface area contributed by atoms with E-state index in [2.05, 4.69) is 5.32 Å². The van der Waals surface area contributed by atoms with E-state index in [0.29, 0.717) is 28.6 Å². The van der Waals surface area contributed by atoms with Crippen LogP contribution in [0.4, 0.5) is 5.69 Å². The number of halogens is 2. The minimum Gasteiger partial charge on any atom is -0.495 e. The number of anilines is 1. The molecule has 11 heteroatoms. The fraction of sp³-hybridized carbons (Fsp3) is 0.257. The number of benzene rings is 4. The van der Waals surface area contributed by atoms with Gasteiger partial charge in [-0.2, -0.15) is 0 Å². The van der Waals surface area contributed by atoms with Crippen molar-refractivity contribution in [1.82, 2.24) is 10.2 Å². The largest absolute Gasteiger partial charge is 0.495 e. The van der Waals surface area contributed by atoms with Gasteiger partial charge in [-0.15, -0.1) is 0 Å². The number of rotatable bonds is 14. The van der Waals surface area contributed by atoms with E-state index in [1.54, 1.807) is 54.6 Å². The Bertz CT molecular complexity index is 1730. The fourth-order valence-electron chi connectivity index (χ4n) is 4.96. The Morgan fingerprint density at radius 1 is 0.870 bits per heavy atom. The molecular weight excluding hydrogens is 645 g/mol. The number of nitrogens with zero attached hydrogens (tertiary/aromatic N) is 2. The predicted octanol–water partition coefficient (Wildman–Crippen LogP) is 6.67. The molecule has 1 N–H and O–H groups in total. The van der Waals surface area contributed by atoms with Crippen molar-refractivity contribution < 1.29 is 22.7 Å². The third-order valence-electron chi connectivity index (χ3n) is 7.45. The first-order valence-corrected chi connectivity index (χ1v) is 17.0. The van der Waals surface area contributed by atoms with E-state index in [9.17, 15) is 18.0 Å². The molecule has 46 heavy (non-hydrogen) atoms. The number of methoxy groups -OCH3 is 1. The molecule has 4 aromatic carbocycles. The molecule has 4 rings (SSSR count). The van der Waals surface area contributed by atoms with E-state index in [1.165, 1.54) is 24.1 Å². The summed E-state index contributed by atoms with van der Waals surface area (Å²) >= 11 is 13.1. The Morgan fingerprint density at radius 3 is 2.13 bits per heavy atom. The quantitative estimate of drug-likeness (QED) is 0.160. The van der Waals surface area contributed by atoms with Crippen LogP contribution in [0.2, 0.25) is 10.0 Å². The zero-order chi connectivity index (χ0) is 33.3. The topological polar surface area (TPSA) is 96.0 Å². The van der Waals surface area contributed by atoms with Crippen molar-refractivity contribution in [3.63, 3.8) is 0 Å². The summed E-state index contributed by atoms with van der Waals surface area (Å²) in [4.78, 5) is 29.8. The highest BCUT2D eigenvalue weighted by Gasteiger charge is 2.36. The maximum absolute atomic E-state index is 14.6. The first-order valence-electron chi connectivity index (χ1n) is 14.8. The van der Waals surface area contributed by atoms with E-state index in [0.717, 1.165) is 15.4 Å². The Labute approximate surface area is 280 Å². The predicted molar refractivity (Wildman–Crippen MR) is 183 cm³/mol. The number of carbonyl (C=O) groups excluding carboxylic acids is 2. The first-order chi connectivity index (χ1) is 22.1. The van der Waals surface area contributed by atoms with Crippen LogP contribution in [0, 0.1) is 6.92 Å². The van der Waals surface area contributed by atoms with Gasteiger partial charge in [0, 0.05) is 35.1 Å². The molecule has 0 aliphatic carbocycles. The smallest absolute Gasteiger partial charge is 0.264 e. The molecule has 0 fully saturated rings. The van der Waals surface area contributed by atoms with Crippen LogP contribution < -0.4 is 14.4 Å². The molecular formula is C35H37Cl2N3O5S. The van der Waals surface area contributed by atoms with Gasteiger partial charge in [-0.05, 0) is 55.3 Å². The Morgan fingerprint density at radius 2 is 1.50 bits per heavy atom. The van der Waals surface area contributed by atoms with Crippen LogP contribution in [0.1, 0.15) is 30.0 Å². The number of aryl methyl sites for hydroxylation is 1. The molecule has 2 amide bonds. The summed E-state index contributed by atoms with van der Waals surface area (Å²) in [5.74, 6) is -0.758. The number of ether oxygens (including phenoxy) is 1. The van der Waals surface area contributed by atoms with Crippen LogP contribution in [-0.2, 0) is 32.6 Å². The van der Waals surface area contributed by atoms with Crippen molar-refractivity contribution in [2.45, 2.75) is 44.2 Å². The number of nitrogens with one attached hydrogen (secondary N) is 1. The van der Waals surface area contributed by atoms with E-state index in [1.807, 2.05) is 44.2 Å². The second-order valence-electron chi connectivity index (χ2n) is 10.7. The lowest BCUT2D eigenvalue weighted by molar-refractivity contribution is -0.140. The molecule has 0 saturated carbocycles. The summed E-state index contributed by atoms with van der Waals surface area (Å²) in [6.45, 7) is 3.41. The second-order valence-corrected chi connectivity index (χ2v) is 13.4. The van der Waals surface area contributed by atoms with Crippen molar-refractivity contribution in [2.75, 3.05) is 24.5 Å². The van der Waals surface area contributed by atoms with Crippen molar-refractivity contribution in [3.05, 3.63) is 124 Å². The number of amides is 2. The van der Waals surface area contributed by atoms with Crippen LogP contribution in [-0.4, -0.2) is 51.4 Å². The van der Waals surface area contributed by atoms with Crippen molar-refractivity contribution in [3.8, 4) is 5.75 Å². The Kier molecular flexibility index (Phi) is 12.1. The molecule has 0 unspecified atom stereocenters. The average Bonchev–Trinajstić information content (AvgIpc) is 3.05. The van der Waals surface area contributed by atoms with Gasteiger partial charge in [0.1, 0.15) is 18.3 Å². The monoisotopic (exact) mass is 681 g/mol. The van der Waals surface area contributed by atoms with Crippen LogP contribution >= 0.6 is 23.2 Å². The molecule has 0 aliphatic rings. The summed E-state index contributed by atoms with van der Waals surface area (Å²) in [5, 5.41) is 3.54. The lowest BCUT2D eigenvalue weighted by atomic mass is 10.0. The molecule has 0 spiro atoms. The minimum atomic E-state index is -4.29. The molecule has 0 heterocycles. The molecule has 0 bridgehead atoms. The van der Waals surface area contributed by atoms with Crippen molar-refractivity contribution in [2.24, 2.45) is 0 Å². The lowest BCUT2D eigenvalue weighted by Gasteiger charge is -2.34. The molecule has 0 aliphatic heterocycles. The number of hydrogen-bond donors (Lipinski definition) is 1. The maximum Gasteiger partial charge on any atom is 0.264 e. The van der Waals surface area contributed by atoms with Gasteiger partial charge in [0.15, 0.2) is 0 Å². The molecule has 242 valence electrons. The zero-order valence-electron chi connectivity index (χ0n) is 26.0. The van der Waals surface area contributed by atoms with Gasteiger partial charge in [-0.3, -0.25) is 13.9 Å². The summed E-state index contributed by atoms with van der Waals surface area (Å²) < 4.78 is 35.0. The van der Waals surface area contributed by atoms with Crippen molar-refractivity contribution in [1.29, 1.82) is 0 Å². The molecule has 0 radical (unpaired) electrons. The number of sulfonamides is 1. The van der Waals surface area contributed by atoms with Gasteiger partial charge in [-0.25, -0.2) is 8.42 Å². The van der Waals surface area contributed by atoms with E-state index in [-0.39, 0.29) is 35.2 Å². The highest BCUT2D eigenvalue weighted by Crippen LogP contribution is 2.33. The minimum absolute atomic E-state index is 0.000899. The molecule has 1 atom stereocenters. The second kappa shape index (κ2) is 16.0. The average molecular weight is 683 g/mol. The fourth-order valence-corrected chi connectivity index (χ4v) is 6.90. The number of hydrogen-bond acceptors (Lipinski definition) is 5. The molecule has 4 aromatic rings. The van der Waals surface area contributed by atoms with Gasteiger partial charge in [0.25, 0.3) is 10.0 Å². The SMILES string of the molecule is CCCNC(=O)[C@H](Cc1ccccc1)N(Cc1c(Cl)cccc1Cl)C(=O)CN(c1ccccc1OC)S(=O)(=O)c1ccc(C)cc1. The highest BCUT2D eigenvalue weighted by molar-refractivity contribution is 7.92. The number of carbonyl (C=O) groups is 2. The van der Waals surface area contributed by atoms with Crippen molar-refractivity contribution >= 4 is 50.7 Å². The standard InChI is InChI=1S/C35H37Cl2N3O5S/c1-4-21-38-35(42)32(22-26-11-6-5-7-12-26)39(23-28-29(36)13-10-14-30(28)37)34(41)24-40(31-15-8-9-16-33(31)45-3)46(43,44)27-19-17-25(2)18-20-27/h5-20,32H,4,21-24H2,1-3H3,(H,38,42)/t32-/m0/s1. The number of para-hydroxylation sites is 2. The Balaban J connectivity index is 1.85.